The van der Waals surface area contributed by atoms with Crippen LogP contribution in [0.1, 0.15) is 46.1 Å². The summed E-state index contributed by atoms with van der Waals surface area (Å²) in [5.41, 5.74) is 0.256. The lowest BCUT2D eigenvalue weighted by atomic mass is 10.1. The lowest BCUT2D eigenvalue weighted by Crippen LogP contribution is -2.46. The van der Waals surface area contributed by atoms with Gasteiger partial charge in [-0.15, -0.1) is 0 Å². The Morgan fingerprint density at radius 1 is 1.10 bits per heavy atom. The Balaban J connectivity index is 1.90. The first-order chi connectivity index (χ1) is 19.3. The third kappa shape index (κ3) is 7.98. The number of carbonyl (C=O) groups is 3. The van der Waals surface area contributed by atoms with Crippen LogP contribution in [0.15, 0.2) is 30.5 Å². The van der Waals surface area contributed by atoms with Gasteiger partial charge in [0.2, 0.25) is 5.95 Å². The van der Waals surface area contributed by atoms with Crippen molar-refractivity contribution >= 4 is 35.4 Å². The molecule has 2 amide bonds. The van der Waals surface area contributed by atoms with E-state index in [4.69, 9.17) is 4.74 Å². The topological polar surface area (TPSA) is 128 Å². The van der Waals surface area contributed by atoms with E-state index in [1.54, 1.807) is 34.1 Å². The van der Waals surface area contributed by atoms with E-state index in [0.29, 0.717) is 42.4 Å². The van der Waals surface area contributed by atoms with E-state index >= 15 is 0 Å². The van der Waals surface area contributed by atoms with Crippen LogP contribution < -0.4 is 19.9 Å². The number of nitrogens with one attached hydrogen (secondary N) is 1. The molecule has 1 aliphatic rings. The van der Waals surface area contributed by atoms with Crippen LogP contribution in [0.3, 0.4) is 0 Å². The zero-order valence-electron chi connectivity index (χ0n) is 23.4. The minimum absolute atomic E-state index is 0.0887. The van der Waals surface area contributed by atoms with Crippen LogP contribution in [0, 0.1) is 0 Å². The molecule has 2 N–H and O–H groups in total. The number of nitrogens with zero attached hydrogens (tertiary/aromatic N) is 5. The van der Waals surface area contributed by atoms with Crippen molar-refractivity contribution in [3.8, 4) is 5.75 Å². The molecule has 2 heterocycles. The smallest absolute Gasteiger partial charge is 0.471 e. The zero-order chi connectivity index (χ0) is 30.3. The quantitative estimate of drug-likeness (QED) is 0.399. The first kappa shape index (κ1) is 31.4. The third-order valence-corrected chi connectivity index (χ3v) is 6.58. The Morgan fingerprint density at radius 2 is 1.71 bits per heavy atom. The molecule has 0 saturated carbocycles. The summed E-state index contributed by atoms with van der Waals surface area (Å²) in [4.78, 5) is 49.2. The van der Waals surface area contributed by atoms with Crippen LogP contribution in [-0.4, -0.2) is 82.4 Å². The average molecular weight is 581 g/mol. The maximum Gasteiger partial charge on any atom is 0.471 e. The highest BCUT2D eigenvalue weighted by atomic mass is 19.4. The van der Waals surface area contributed by atoms with Crippen molar-refractivity contribution in [2.24, 2.45) is 0 Å². The maximum atomic E-state index is 13.5. The predicted octanol–water partition coefficient (Wildman–Crippen LogP) is 4.33. The van der Waals surface area contributed by atoms with Gasteiger partial charge in [0, 0.05) is 38.6 Å². The molecule has 0 radical (unpaired) electrons. The lowest BCUT2D eigenvalue weighted by molar-refractivity contribution is -0.170. The van der Waals surface area contributed by atoms with Gasteiger partial charge in [0.1, 0.15) is 17.5 Å². The van der Waals surface area contributed by atoms with Crippen molar-refractivity contribution in [3.05, 3.63) is 36.0 Å². The molecule has 1 aromatic heterocycles. The Labute approximate surface area is 236 Å². The van der Waals surface area contributed by atoms with Crippen LogP contribution >= 0.6 is 0 Å². The number of aromatic nitrogens is 2. The van der Waals surface area contributed by atoms with Gasteiger partial charge < -0.3 is 25.0 Å². The van der Waals surface area contributed by atoms with E-state index in [-0.39, 0.29) is 23.9 Å². The Bertz CT molecular complexity index is 1210. The molecule has 0 aliphatic carbocycles. The molecule has 224 valence electrons. The standard InChI is InChI=1S/C27H35F3N6O5/c1-5-34(6-2)25-31-16-21(36(17(3)4)24(39)27(28,29)30)22(33-25)32-20(23(37)38)15-18-9-11-19(12-10-18)41-26(40)35-13-7-8-14-35/h9-12,16-17,20H,5-8,13-15H2,1-4H3,(H,37,38)(H,31,32,33)/t20-/m0/s1. The lowest BCUT2D eigenvalue weighted by Gasteiger charge is -2.30. The molecule has 1 saturated heterocycles. The van der Waals surface area contributed by atoms with Crippen molar-refractivity contribution in [2.75, 3.05) is 41.3 Å². The molecule has 0 bridgehead atoms. The van der Waals surface area contributed by atoms with Crippen LogP contribution in [0.2, 0.25) is 0 Å². The van der Waals surface area contributed by atoms with Crippen LogP contribution in [0.5, 0.6) is 5.75 Å². The number of carboxylic acids is 1. The number of anilines is 3. The molecule has 11 nitrogen and oxygen atoms in total. The Kier molecular flexibility index (Phi) is 10.4. The van der Waals surface area contributed by atoms with Crippen molar-refractivity contribution in [1.82, 2.24) is 14.9 Å². The van der Waals surface area contributed by atoms with Gasteiger partial charge >= 0.3 is 24.1 Å². The molecule has 0 spiro atoms. The monoisotopic (exact) mass is 580 g/mol. The van der Waals surface area contributed by atoms with Crippen LogP contribution in [-0.2, 0) is 16.0 Å². The number of amides is 2. The molecular weight excluding hydrogens is 545 g/mol. The fraction of sp³-hybridized carbons (Fsp3) is 0.519. The van der Waals surface area contributed by atoms with Gasteiger partial charge in [-0.1, -0.05) is 12.1 Å². The normalized spacial score (nSPS) is 14.1. The third-order valence-electron chi connectivity index (χ3n) is 6.58. The van der Waals surface area contributed by atoms with E-state index in [9.17, 15) is 32.7 Å². The summed E-state index contributed by atoms with van der Waals surface area (Å²) in [7, 11) is 0. The molecule has 2 aromatic rings. The highest BCUT2D eigenvalue weighted by molar-refractivity contribution is 6.00. The number of likely N-dealkylation sites (tertiary alicyclic amines) is 1. The largest absolute Gasteiger partial charge is 0.480 e. The molecule has 14 heteroatoms. The molecule has 0 unspecified atom stereocenters. The molecule has 1 aromatic carbocycles. The molecule has 1 fully saturated rings. The van der Waals surface area contributed by atoms with E-state index in [1.165, 1.54) is 13.8 Å². The number of ether oxygens (including phenoxy) is 1. The second kappa shape index (κ2) is 13.5. The average Bonchev–Trinajstić information content (AvgIpc) is 3.46. The van der Waals surface area contributed by atoms with E-state index in [2.05, 4.69) is 15.3 Å². The number of halogens is 3. The Hall–Kier alpha value is -4.10. The second-order valence-corrected chi connectivity index (χ2v) is 9.79. The number of hydrogen-bond donors (Lipinski definition) is 2. The molecule has 41 heavy (non-hydrogen) atoms. The summed E-state index contributed by atoms with van der Waals surface area (Å²) in [5.74, 6) is -3.18. The van der Waals surface area contributed by atoms with E-state index < -0.39 is 36.2 Å². The maximum absolute atomic E-state index is 13.5. The summed E-state index contributed by atoms with van der Waals surface area (Å²) < 4.78 is 45.8. The van der Waals surface area contributed by atoms with Gasteiger partial charge in [0.15, 0.2) is 5.82 Å². The number of carboxylic acid groups (broad SMARTS) is 1. The highest BCUT2D eigenvalue weighted by Gasteiger charge is 2.45. The Morgan fingerprint density at radius 3 is 2.22 bits per heavy atom. The second-order valence-electron chi connectivity index (χ2n) is 9.79. The minimum Gasteiger partial charge on any atom is -0.480 e. The first-order valence-electron chi connectivity index (χ1n) is 13.4. The summed E-state index contributed by atoms with van der Waals surface area (Å²) in [6.07, 6.45) is -2.79. The number of rotatable bonds is 11. The van der Waals surface area contributed by atoms with Crippen molar-refractivity contribution < 1.29 is 37.4 Å². The highest BCUT2D eigenvalue weighted by Crippen LogP contribution is 2.32. The van der Waals surface area contributed by atoms with Gasteiger partial charge in [-0.2, -0.15) is 18.2 Å². The van der Waals surface area contributed by atoms with Crippen LogP contribution in [0.25, 0.3) is 0 Å². The van der Waals surface area contributed by atoms with Gasteiger partial charge in [-0.05, 0) is 58.2 Å². The first-order valence-corrected chi connectivity index (χ1v) is 13.4. The number of alkyl halides is 3. The molecule has 1 aliphatic heterocycles. The summed E-state index contributed by atoms with van der Waals surface area (Å²) >= 11 is 0. The molecule has 3 rings (SSSR count). The fourth-order valence-electron chi connectivity index (χ4n) is 4.43. The SMILES string of the molecule is CCN(CC)c1ncc(N(C(=O)C(F)(F)F)C(C)C)c(N[C@@H](Cc2ccc(OC(=O)N3CCCC3)cc2)C(=O)O)n1. The van der Waals surface area contributed by atoms with Gasteiger partial charge in [-0.3, -0.25) is 9.69 Å². The van der Waals surface area contributed by atoms with Crippen molar-refractivity contribution in [2.45, 2.75) is 65.2 Å². The number of carbonyl (C=O) groups excluding carboxylic acids is 2. The number of benzene rings is 1. The van der Waals surface area contributed by atoms with Gasteiger partial charge in [0.25, 0.3) is 0 Å². The summed E-state index contributed by atoms with van der Waals surface area (Å²) in [5, 5.41) is 12.7. The fourth-order valence-corrected chi connectivity index (χ4v) is 4.43. The molecule has 1 atom stereocenters. The summed E-state index contributed by atoms with van der Waals surface area (Å²) in [6.45, 7) is 8.72. The predicted molar refractivity (Wildman–Crippen MR) is 146 cm³/mol. The van der Waals surface area contributed by atoms with Crippen molar-refractivity contribution in [1.29, 1.82) is 0 Å². The van der Waals surface area contributed by atoms with Crippen molar-refractivity contribution in [3.63, 3.8) is 0 Å². The minimum atomic E-state index is -5.18. The number of hydrogen-bond acceptors (Lipinski definition) is 8. The summed E-state index contributed by atoms with van der Waals surface area (Å²) in [6, 6.07) is 4.01. The number of aliphatic carboxylic acids is 1. The van der Waals surface area contributed by atoms with E-state index in [1.807, 2.05) is 13.8 Å². The van der Waals surface area contributed by atoms with E-state index in [0.717, 1.165) is 19.0 Å². The van der Waals surface area contributed by atoms with Crippen LogP contribution in [0.4, 0.5) is 35.4 Å². The molecular formula is C27H35F3N6O5. The van der Waals surface area contributed by atoms with Gasteiger partial charge in [-0.25, -0.2) is 14.6 Å². The van der Waals surface area contributed by atoms with Gasteiger partial charge in [0.05, 0.1) is 6.20 Å². The zero-order valence-corrected chi connectivity index (χ0v) is 23.4.